The van der Waals surface area contributed by atoms with Gasteiger partial charge in [0.2, 0.25) is 0 Å². The Morgan fingerprint density at radius 2 is 2.05 bits per heavy atom. The number of aromatic nitrogens is 2. The summed E-state index contributed by atoms with van der Waals surface area (Å²) in [5.41, 5.74) is 1.89. The molecule has 0 bridgehead atoms. The number of benzene rings is 1. The number of hydrogen-bond donors (Lipinski definition) is 0. The van der Waals surface area contributed by atoms with Crippen molar-refractivity contribution in [2.45, 2.75) is 25.7 Å². The van der Waals surface area contributed by atoms with E-state index in [2.05, 4.69) is 25.9 Å². The van der Waals surface area contributed by atoms with E-state index in [1.54, 1.807) is 0 Å². The number of hydrogen-bond acceptors (Lipinski definition) is 3. The molecule has 104 valence electrons. The van der Waals surface area contributed by atoms with E-state index in [1.807, 2.05) is 31.2 Å². The van der Waals surface area contributed by atoms with Crippen LogP contribution in [0.1, 0.15) is 31.4 Å². The Morgan fingerprint density at radius 3 is 2.75 bits per heavy atom. The average molecular weight is 354 g/mol. The van der Waals surface area contributed by atoms with Crippen molar-refractivity contribution < 1.29 is 4.74 Å². The first-order valence-electron chi connectivity index (χ1n) is 6.65. The van der Waals surface area contributed by atoms with Gasteiger partial charge in [-0.05, 0) is 47.8 Å². The molecule has 0 radical (unpaired) electrons. The van der Waals surface area contributed by atoms with E-state index >= 15 is 0 Å². The van der Waals surface area contributed by atoms with E-state index in [0.29, 0.717) is 23.5 Å². The molecule has 1 fully saturated rings. The molecule has 0 atom stereocenters. The van der Waals surface area contributed by atoms with Gasteiger partial charge in [0.25, 0.3) is 0 Å². The third-order valence-electron chi connectivity index (χ3n) is 3.23. The fraction of sp³-hybridized carbons (Fsp3) is 0.333. The van der Waals surface area contributed by atoms with Crippen molar-refractivity contribution in [2.75, 3.05) is 6.61 Å². The second-order valence-electron chi connectivity index (χ2n) is 4.74. The summed E-state index contributed by atoms with van der Waals surface area (Å²) in [6.45, 7) is 2.57. The molecule has 3 nitrogen and oxygen atoms in total. The highest BCUT2D eigenvalue weighted by molar-refractivity contribution is 9.10. The second-order valence-corrected chi connectivity index (χ2v) is 5.89. The molecule has 1 heterocycles. The first kappa shape index (κ1) is 13.8. The maximum atomic E-state index is 6.23. The standard InChI is InChI=1S/C15H14BrClN2O/c1-2-20-11-6-4-3-5-10(11)15-18-13(9-7-8-9)12(16)14(17)19-15/h3-6,9H,2,7-8H2,1H3. The number of ether oxygens (including phenoxy) is 1. The van der Waals surface area contributed by atoms with Crippen LogP contribution in [0.5, 0.6) is 5.75 Å². The Morgan fingerprint density at radius 1 is 1.30 bits per heavy atom. The quantitative estimate of drug-likeness (QED) is 0.738. The summed E-state index contributed by atoms with van der Waals surface area (Å²) in [5.74, 6) is 1.92. The van der Waals surface area contributed by atoms with E-state index in [0.717, 1.165) is 21.5 Å². The second kappa shape index (κ2) is 5.70. The summed E-state index contributed by atoms with van der Waals surface area (Å²) in [6, 6.07) is 7.78. The molecule has 3 rings (SSSR count). The predicted octanol–water partition coefficient (Wildman–Crippen LogP) is 4.84. The molecule has 0 unspecified atom stereocenters. The van der Waals surface area contributed by atoms with Gasteiger partial charge in [-0.1, -0.05) is 23.7 Å². The van der Waals surface area contributed by atoms with Gasteiger partial charge in [-0.2, -0.15) is 0 Å². The minimum Gasteiger partial charge on any atom is -0.493 e. The topological polar surface area (TPSA) is 35.0 Å². The van der Waals surface area contributed by atoms with Gasteiger partial charge in [0.15, 0.2) is 5.82 Å². The van der Waals surface area contributed by atoms with Crippen LogP contribution in [0.4, 0.5) is 0 Å². The molecule has 20 heavy (non-hydrogen) atoms. The van der Waals surface area contributed by atoms with Crippen molar-refractivity contribution >= 4 is 27.5 Å². The minimum absolute atomic E-state index is 0.461. The molecule has 5 heteroatoms. The summed E-state index contributed by atoms with van der Waals surface area (Å²) >= 11 is 9.72. The molecule has 1 aromatic heterocycles. The Kier molecular flexibility index (Phi) is 3.94. The number of nitrogens with zero attached hydrogens (tertiary/aromatic N) is 2. The lowest BCUT2D eigenvalue weighted by Crippen LogP contribution is -2.00. The fourth-order valence-corrected chi connectivity index (χ4v) is 2.79. The molecule has 0 aliphatic heterocycles. The van der Waals surface area contributed by atoms with Gasteiger partial charge in [-0.25, -0.2) is 9.97 Å². The van der Waals surface area contributed by atoms with Crippen LogP contribution in [0, 0.1) is 0 Å². The Bertz CT molecular complexity index is 644. The SMILES string of the molecule is CCOc1ccccc1-c1nc(Cl)c(Br)c(C2CC2)n1. The first-order chi connectivity index (χ1) is 9.70. The minimum atomic E-state index is 0.461. The van der Waals surface area contributed by atoms with Gasteiger partial charge >= 0.3 is 0 Å². The van der Waals surface area contributed by atoms with Crippen LogP contribution in [-0.2, 0) is 0 Å². The Labute approximate surface area is 131 Å². The number of para-hydroxylation sites is 1. The van der Waals surface area contributed by atoms with Gasteiger partial charge < -0.3 is 4.74 Å². The van der Waals surface area contributed by atoms with Crippen molar-refractivity contribution in [3.8, 4) is 17.1 Å². The highest BCUT2D eigenvalue weighted by atomic mass is 79.9. The largest absolute Gasteiger partial charge is 0.493 e. The zero-order valence-electron chi connectivity index (χ0n) is 11.1. The van der Waals surface area contributed by atoms with Crippen LogP contribution >= 0.6 is 27.5 Å². The molecule has 0 N–H and O–H groups in total. The summed E-state index contributed by atoms with van der Waals surface area (Å²) in [4.78, 5) is 9.07. The van der Waals surface area contributed by atoms with Crippen LogP contribution in [-0.4, -0.2) is 16.6 Å². The molecule has 2 aromatic rings. The van der Waals surface area contributed by atoms with Crippen molar-refractivity contribution in [3.63, 3.8) is 0 Å². The zero-order valence-corrected chi connectivity index (χ0v) is 13.4. The fourth-order valence-electron chi connectivity index (χ4n) is 2.12. The van der Waals surface area contributed by atoms with Crippen molar-refractivity contribution in [3.05, 3.63) is 39.6 Å². The zero-order chi connectivity index (χ0) is 14.1. The maximum Gasteiger partial charge on any atom is 0.164 e. The highest BCUT2D eigenvalue weighted by Gasteiger charge is 2.29. The number of rotatable bonds is 4. The highest BCUT2D eigenvalue weighted by Crippen LogP contribution is 2.44. The van der Waals surface area contributed by atoms with E-state index in [4.69, 9.17) is 16.3 Å². The lowest BCUT2D eigenvalue weighted by Gasteiger charge is -2.11. The van der Waals surface area contributed by atoms with Crippen molar-refractivity contribution in [1.29, 1.82) is 0 Å². The van der Waals surface area contributed by atoms with Crippen LogP contribution in [0.3, 0.4) is 0 Å². The molecular formula is C15H14BrClN2O. The third kappa shape index (κ3) is 2.67. The van der Waals surface area contributed by atoms with Crippen LogP contribution < -0.4 is 4.74 Å². The smallest absolute Gasteiger partial charge is 0.164 e. The van der Waals surface area contributed by atoms with Crippen LogP contribution in [0.25, 0.3) is 11.4 Å². The summed E-state index contributed by atoms with van der Waals surface area (Å²) in [7, 11) is 0. The van der Waals surface area contributed by atoms with E-state index in [-0.39, 0.29) is 0 Å². The van der Waals surface area contributed by atoms with Gasteiger partial charge in [0, 0.05) is 5.92 Å². The molecule has 0 saturated heterocycles. The molecule has 0 amide bonds. The average Bonchev–Trinajstić information content (AvgIpc) is 3.27. The van der Waals surface area contributed by atoms with E-state index < -0.39 is 0 Å². The van der Waals surface area contributed by atoms with Gasteiger partial charge in [0.05, 0.1) is 22.3 Å². The van der Waals surface area contributed by atoms with Gasteiger partial charge in [0.1, 0.15) is 10.9 Å². The molecule has 1 aliphatic carbocycles. The lowest BCUT2D eigenvalue weighted by molar-refractivity contribution is 0.341. The normalized spacial score (nSPS) is 14.3. The maximum absolute atomic E-state index is 6.23. The number of halogens is 2. The molecule has 1 saturated carbocycles. The lowest BCUT2D eigenvalue weighted by atomic mass is 10.1. The van der Waals surface area contributed by atoms with Crippen LogP contribution in [0.15, 0.2) is 28.7 Å². The molecule has 1 aromatic carbocycles. The van der Waals surface area contributed by atoms with E-state index in [9.17, 15) is 0 Å². The first-order valence-corrected chi connectivity index (χ1v) is 7.83. The van der Waals surface area contributed by atoms with Crippen LogP contribution in [0.2, 0.25) is 5.15 Å². The van der Waals surface area contributed by atoms with Gasteiger partial charge in [-0.15, -0.1) is 0 Å². The van der Waals surface area contributed by atoms with Gasteiger partial charge in [-0.3, -0.25) is 0 Å². The summed E-state index contributed by atoms with van der Waals surface area (Å²) < 4.78 is 6.46. The van der Waals surface area contributed by atoms with E-state index in [1.165, 1.54) is 12.8 Å². The Balaban J connectivity index is 2.10. The Hall–Kier alpha value is -1.13. The van der Waals surface area contributed by atoms with Crippen molar-refractivity contribution in [2.24, 2.45) is 0 Å². The summed E-state index contributed by atoms with van der Waals surface area (Å²) in [5, 5.41) is 0.461. The molecular weight excluding hydrogens is 340 g/mol. The van der Waals surface area contributed by atoms with Crippen molar-refractivity contribution in [1.82, 2.24) is 9.97 Å². The third-order valence-corrected chi connectivity index (χ3v) is 4.51. The monoisotopic (exact) mass is 352 g/mol. The summed E-state index contributed by atoms with van der Waals surface area (Å²) in [6.07, 6.45) is 2.33. The predicted molar refractivity (Wildman–Crippen MR) is 83.3 cm³/mol. The molecule has 0 spiro atoms. The molecule has 1 aliphatic rings.